The third kappa shape index (κ3) is 3.55. The molecule has 1 aromatic carbocycles. The Morgan fingerprint density at radius 1 is 1.27 bits per heavy atom. The molecule has 116 valence electrons. The fourth-order valence-corrected chi connectivity index (χ4v) is 2.33. The van der Waals surface area contributed by atoms with Gasteiger partial charge in [0.05, 0.1) is 12.8 Å². The average molecular weight is 299 g/mol. The van der Waals surface area contributed by atoms with E-state index in [4.69, 9.17) is 4.74 Å². The van der Waals surface area contributed by atoms with E-state index in [0.717, 1.165) is 22.6 Å². The van der Waals surface area contributed by atoms with E-state index in [1.54, 1.807) is 13.1 Å². The summed E-state index contributed by atoms with van der Waals surface area (Å²) in [4.78, 5) is 11.2. The number of carbonyl (C=O) groups excluding carboxylic acids is 1. The van der Waals surface area contributed by atoms with Crippen molar-refractivity contribution in [3.63, 3.8) is 0 Å². The topological polar surface area (TPSA) is 55.6 Å². The van der Waals surface area contributed by atoms with Gasteiger partial charge in [-0.2, -0.15) is 5.10 Å². The zero-order valence-electron chi connectivity index (χ0n) is 13.4. The summed E-state index contributed by atoms with van der Waals surface area (Å²) < 4.78 is 6.91. The van der Waals surface area contributed by atoms with Crippen molar-refractivity contribution in [2.45, 2.75) is 27.7 Å². The van der Waals surface area contributed by atoms with E-state index in [0.29, 0.717) is 6.61 Å². The molecule has 0 atom stereocenters. The maximum atomic E-state index is 11.2. The molecule has 0 unspecified atom stereocenters. The summed E-state index contributed by atoms with van der Waals surface area (Å²) in [5.74, 6) is 0. The van der Waals surface area contributed by atoms with Crippen LogP contribution in [0.5, 0.6) is 0 Å². The highest BCUT2D eigenvalue weighted by molar-refractivity contribution is 5.83. The van der Waals surface area contributed by atoms with E-state index in [2.05, 4.69) is 46.3 Å². The summed E-state index contributed by atoms with van der Waals surface area (Å²) >= 11 is 0. The van der Waals surface area contributed by atoms with Crippen LogP contribution in [0.25, 0.3) is 5.69 Å². The number of ether oxygens (including phenoxy) is 1. The summed E-state index contributed by atoms with van der Waals surface area (Å²) in [6.07, 6.45) is 1.08. The van der Waals surface area contributed by atoms with Crippen LogP contribution in [0.4, 0.5) is 4.79 Å². The molecule has 1 N–H and O–H groups in total. The summed E-state index contributed by atoms with van der Waals surface area (Å²) in [5.41, 5.74) is 7.80. The lowest BCUT2D eigenvalue weighted by molar-refractivity contribution is 0.152. The van der Waals surface area contributed by atoms with Gasteiger partial charge in [0.2, 0.25) is 0 Å². The number of benzene rings is 1. The molecule has 0 aliphatic rings. The van der Waals surface area contributed by atoms with Gasteiger partial charge >= 0.3 is 6.09 Å². The number of amides is 1. The number of carbonyl (C=O) groups is 1. The fraction of sp³-hybridized carbons (Fsp3) is 0.294. The second kappa shape index (κ2) is 6.93. The zero-order valence-corrected chi connectivity index (χ0v) is 13.4. The van der Waals surface area contributed by atoms with Crippen molar-refractivity contribution in [2.75, 3.05) is 6.61 Å². The number of hydrogen-bond acceptors (Lipinski definition) is 3. The van der Waals surface area contributed by atoms with Crippen molar-refractivity contribution < 1.29 is 9.53 Å². The molecule has 5 heteroatoms. The number of aryl methyl sites for hydroxylation is 2. The van der Waals surface area contributed by atoms with Crippen LogP contribution in [-0.2, 0) is 4.74 Å². The molecule has 0 fully saturated rings. The SMILES string of the molecule is CCOC(=O)N/N=C\c1cc(C)n(-c2ccc(C)cc2)c1C. The summed E-state index contributed by atoms with van der Waals surface area (Å²) in [7, 11) is 0. The maximum Gasteiger partial charge on any atom is 0.427 e. The predicted octanol–water partition coefficient (Wildman–Crippen LogP) is 3.48. The minimum Gasteiger partial charge on any atom is -0.449 e. The lowest BCUT2D eigenvalue weighted by atomic mass is 10.2. The number of nitrogens with zero attached hydrogens (tertiary/aromatic N) is 2. The Balaban J connectivity index is 2.22. The van der Waals surface area contributed by atoms with Gasteiger partial charge in [-0.1, -0.05) is 17.7 Å². The molecule has 1 heterocycles. The Hall–Kier alpha value is -2.56. The van der Waals surface area contributed by atoms with E-state index in [1.165, 1.54) is 5.56 Å². The lowest BCUT2D eigenvalue weighted by Gasteiger charge is -2.09. The van der Waals surface area contributed by atoms with E-state index in [9.17, 15) is 4.79 Å². The molecule has 0 bridgehead atoms. The number of aromatic nitrogens is 1. The summed E-state index contributed by atoms with van der Waals surface area (Å²) in [6, 6.07) is 10.4. The molecule has 5 nitrogen and oxygen atoms in total. The normalized spacial score (nSPS) is 10.9. The Labute approximate surface area is 130 Å². The van der Waals surface area contributed by atoms with Crippen molar-refractivity contribution in [2.24, 2.45) is 5.10 Å². The molecule has 0 aliphatic heterocycles. The average Bonchev–Trinajstić information content (AvgIpc) is 2.75. The first-order chi connectivity index (χ1) is 10.5. The molecule has 1 aromatic heterocycles. The first-order valence-corrected chi connectivity index (χ1v) is 7.24. The Morgan fingerprint density at radius 2 is 1.95 bits per heavy atom. The minimum atomic E-state index is -0.550. The standard InChI is InChI=1S/C17H21N3O2/c1-5-22-17(21)19-18-11-15-10-13(3)20(14(15)4)16-8-6-12(2)7-9-16/h6-11H,5H2,1-4H3,(H,19,21)/b18-11-. The molecular formula is C17H21N3O2. The number of hydrazone groups is 1. The second-order valence-electron chi connectivity index (χ2n) is 5.09. The van der Waals surface area contributed by atoms with Crippen LogP contribution >= 0.6 is 0 Å². The van der Waals surface area contributed by atoms with Crippen LogP contribution < -0.4 is 5.43 Å². The zero-order chi connectivity index (χ0) is 16.1. The van der Waals surface area contributed by atoms with Gasteiger partial charge in [-0.15, -0.1) is 0 Å². The van der Waals surface area contributed by atoms with Gasteiger partial charge in [-0.3, -0.25) is 0 Å². The monoisotopic (exact) mass is 299 g/mol. The van der Waals surface area contributed by atoms with Crippen molar-refractivity contribution in [3.8, 4) is 5.69 Å². The largest absolute Gasteiger partial charge is 0.449 e. The molecule has 22 heavy (non-hydrogen) atoms. The van der Waals surface area contributed by atoms with Gasteiger partial charge in [0.25, 0.3) is 0 Å². The summed E-state index contributed by atoms with van der Waals surface area (Å²) in [6.45, 7) is 8.21. The van der Waals surface area contributed by atoms with Crippen LogP contribution in [-0.4, -0.2) is 23.5 Å². The molecule has 1 amide bonds. The van der Waals surface area contributed by atoms with Crippen LogP contribution in [0.15, 0.2) is 35.4 Å². The maximum absolute atomic E-state index is 11.2. The molecule has 0 saturated heterocycles. The van der Waals surface area contributed by atoms with Gasteiger partial charge < -0.3 is 9.30 Å². The van der Waals surface area contributed by atoms with Crippen LogP contribution in [0, 0.1) is 20.8 Å². The number of hydrogen-bond donors (Lipinski definition) is 1. The van der Waals surface area contributed by atoms with Crippen molar-refractivity contribution >= 4 is 12.3 Å². The minimum absolute atomic E-state index is 0.323. The smallest absolute Gasteiger partial charge is 0.427 e. The highest BCUT2D eigenvalue weighted by atomic mass is 16.5. The fourth-order valence-electron chi connectivity index (χ4n) is 2.33. The number of nitrogens with one attached hydrogen (secondary N) is 1. The first-order valence-electron chi connectivity index (χ1n) is 7.24. The summed E-state index contributed by atoms with van der Waals surface area (Å²) in [5, 5.41) is 3.92. The lowest BCUT2D eigenvalue weighted by Crippen LogP contribution is -2.18. The van der Waals surface area contributed by atoms with Crippen molar-refractivity contribution in [3.05, 3.63) is 52.8 Å². The molecule has 0 radical (unpaired) electrons. The van der Waals surface area contributed by atoms with E-state index >= 15 is 0 Å². The Kier molecular flexibility index (Phi) is 4.99. The first kappa shape index (κ1) is 15.8. The van der Waals surface area contributed by atoms with Gasteiger partial charge in [-0.25, -0.2) is 10.2 Å². The van der Waals surface area contributed by atoms with Crippen LogP contribution in [0.1, 0.15) is 29.4 Å². The highest BCUT2D eigenvalue weighted by Gasteiger charge is 2.09. The van der Waals surface area contributed by atoms with Gasteiger partial charge in [0.15, 0.2) is 0 Å². The third-order valence-corrected chi connectivity index (χ3v) is 3.40. The van der Waals surface area contributed by atoms with Crippen LogP contribution in [0.3, 0.4) is 0 Å². The second-order valence-corrected chi connectivity index (χ2v) is 5.09. The highest BCUT2D eigenvalue weighted by Crippen LogP contribution is 2.20. The van der Waals surface area contributed by atoms with Gasteiger partial charge in [0, 0.05) is 22.6 Å². The van der Waals surface area contributed by atoms with Crippen molar-refractivity contribution in [1.29, 1.82) is 0 Å². The quantitative estimate of drug-likeness (QED) is 0.694. The number of rotatable bonds is 4. The van der Waals surface area contributed by atoms with E-state index in [-0.39, 0.29) is 0 Å². The van der Waals surface area contributed by atoms with E-state index in [1.807, 2.05) is 19.9 Å². The van der Waals surface area contributed by atoms with Gasteiger partial charge in [0.1, 0.15) is 0 Å². The van der Waals surface area contributed by atoms with Crippen LogP contribution in [0.2, 0.25) is 0 Å². The third-order valence-electron chi connectivity index (χ3n) is 3.40. The molecule has 0 aliphatic carbocycles. The molecule has 0 spiro atoms. The molecule has 0 saturated carbocycles. The predicted molar refractivity (Wildman–Crippen MR) is 87.7 cm³/mol. The van der Waals surface area contributed by atoms with Crippen molar-refractivity contribution in [1.82, 2.24) is 9.99 Å². The van der Waals surface area contributed by atoms with E-state index < -0.39 is 6.09 Å². The molecule has 2 rings (SSSR count). The molecule has 2 aromatic rings. The molecular weight excluding hydrogens is 278 g/mol. The Bertz CT molecular complexity index is 685. The Morgan fingerprint density at radius 3 is 2.59 bits per heavy atom. The van der Waals surface area contributed by atoms with Gasteiger partial charge in [-0.05, 0) is 45.9 Å².